The zero-order valence-corrected chi connectivity index (χ0v) is 15.8. The van der Waals surface area contributed by atoms with E-state index < -0.39 is 0 Å². The summed E-state index contributed by atoms with van der Waals surface area (Å²) < 4.78 is 7.93. The molecule has 0 amide bonds. The van der Waals surface area contributed by atoms with Crippen molar-refractivity contribution in [2.24, 2.45) is 0 Å². The number of pyridine rings is 1. The Morgan fingerprint density at radius 2 is 1.85 bits per heavy atom. The Labute approximate surface area is 164 Å². The fourth-order valence-electron chi connectivity index (χ4n) is 2.81. The van der Waals surface area contributed by atoms with E-state index in [0.29, 0.717) is 27.2 Å². The van der Waals surface area contributed by atoms with Gasteiger partial charge in [-0.1, -0.05) is 23.2 Å². The van der Waals surface area contributed by atoms with E-state index in [0.717, 1.165) is 10.9 Å². The Morgan fingerprint density at radius 3 is 2.59 bits per heavy atom. The van der Waals surface area contributed by atoms with Gasteiger partial charge in [-0.05, 0) is 48.5 Å². The predicted molar refractivity (Wildman–Crippen MR) is 105 cm³/mol. The summed E-state index contributed by atoms with van der Waals surface area (Å²) in [7, 11) is 1.59. The van der Waals surface area contributed by atoms with Gasteiger partial charge in [0.25, 0.3) is 0 Å². The lowest BCUT2D eigenvalue weighted by molar-refractivity contribution is 0.414. The summed E-state index contributed by atoms with van der Waals surface area (Å²) in [6.45, 7) is 0.253. The molecule has 0 fully saturated rings. The van der Waals surface area contributed by atoms with Crippen LogP contribution in [0.4, 0.5) is 0 Å². The molecule has 0 radical (unpaired) electrons. The third kappa shape index (κ3) is 3.41. The number of rotatable bonds is 4. The van der Waals surface area contributed by atoms with Crippen LogP contribution in [0.15, 0.2) is 59.7 Å². The second-order valence-electron chi connectivity index (χ2n) is 5.93. The van der Waals surface area contributed by atoms with E-state index >= 15 is 0 Å². The molecule has 0 aliphatic carbocycles. The molecule has 0 atom stereocenters. The van der Waals surface area contributed by atoms with Gasteiger partial charge < -0.3 is 4.74 Å². The third-order valence-electron chi connectivity index (χ3n) is 4.19. The van der Waals surface area contributed by atoms with E-state index in [4.69, 9.17) is 27.9 Å². The molecule has 4 rings (SSSR count). The van der Waals surface area contributed by atoms with Gasteiger partial charge >= 0.3 is 5.69 Å². The van der Waals surface area contributed by atoms with Crippen molar-refractivity contribution in [3.63, 3.8) is 0 Å². The Hall–Kier alpha value is -2.83. The molecule has 2 aromatic heterocycles. The minimum atomic E-state index is -0.276. The lowest BCUT2D eigenvalue weighted by Gasteiger charge is -2.07. The highest BCUT2D eigenvalue weighted by Crippen LogP contribution is 2.24. The topological polar surface area (TPSA) is 61.9 Å². The van der Waals surface area contributed by atoms with Crippen LogP contribution in [0.25, 0.3) is 16.6 Å². The van der Waals surface area contributed by atoms with Gasteiger partial charge in [0.2, 0.25) is 0 Å². The monoisotopic (exact) mass is 400 g/mol. The second-order valence-corrected chi connectivity index (χ2v) is 6.72. The van der Waals surface area contributed by atoms with Crippen molar-refractivity contribution in [2.45, 2.75) is 6.54 Å². The highest BCUT2D eigenvalue weighted by molar-refractivity contribution is 6.32. The summed E-state index contributed by atoms with van der Waals surface area (Å²) in [4.78, 5) is 17.1. The first-order valence-corrected chi connectivity index (χ1v) is 8.84. The molecule has 0 bridgehead atoms. The molecule has 0 saturated heterocycles. The highest BCUT2D eigenvalue weighted by atomic mass is 35.5. The molecule has 2 aromatic carbocycles. The quantitative estimate of drug-likeness (QED) is 0.486. The molecule has 8 heteroatoms. The van der Waals surface area contributed by atoms with Gasteiger partial charge in [-0.15, -0.1) is 0 Å². The molecule has 0 unspecified atom stereocenters. The lowest BCUT2D eigenvalue weighted by Crippen LogP contribution is -2.24. The van der Waals surface area contributed by atoms with E-state index in [1.807, 2.05) is 12.1 Å². The Kier molecular flexibility index (Phi) is 4.59. The minimum absolute atomic E-state index is 0.253. The summed E-state index contributed by atoms with van der Waals surface area (Å²) in [5, 5.41) is 6.00. The number of halogens is 2. The smallest absolute Gasteiger partial charge is 0.350 e. The summed E-state index contributed by atoms with van der Waals surface area (Å²) >= 11 is 12.4. The van der Waals surface area contributed by atoms with Gasteiger partial charge in [-0.3, -0.25) is 4.57 Å². The van der Waals surface area contributed by atoms with E-state index in [2.05, 4.69) is 10.1 Å². The van der Waals surface area contributed by atoms with Gasteiger partial charge in [-0.2, -0.15) is 9.78 Å². The van der Waals surface area contributed by atoms with Gasteiger partial charge in [0.05, 0.1) is 24.9 Å². The maximum Gasteiger partial charge on any atom is 0.350 e. The zero-order chi connectivity index (χ0) is 19.0. The molecule has 0 N–H and O–H groups in total. The lowest BCUT2D eigenvalue weighted by atomic mass is 10.1. The predicted octanol–water partition coefficient (Wildman–Crippen LogP) is 3.95. The van der Waals surface area contributed by atoms with Crippen molar-refractivity contribution in [3.8, 4) is 11.4 Å². The first kappa shape index (κ1) is 17.6. The Morgan fingerprint density at radius 1 is 1.07 bits per heavy atom. The standard InChI is InChI=1S/C19H14Cl2N4O2/c1-27-16-5-3-15(4-6-16)25-19(26)24(11-22-25)10-13-8-12-9-14(20)2-7-17(12)23-18(13)21/h2-9,11H,10H2,1H3. The number of aromatic nitrogens is 4. The fraction of sp³-hybridized carbons (Fsp3) is 0.105. The zero-order valence-electron chi connectivity index (χ0n) is 14.3. The van der Waals surface area contributed by atoms with Crippen LogP contribution >= 0.6 is 23.2 Å². The number of methoxy groups -OCH3 is 1. The Balaban J connectivity index is 1.69. The molecule has 4 aromatic rings. The van der Waals surface area contributed by atoms with Crippen LogP contribution in [0.3, 0.4) is 0 Å². The molecule has 0 saturated carbocycles. The Bertz CT molecular complexity index is 1180. The van der Waals surface area contributed by atoms with Crippen LogP contribution < -0.4 is 10.4 Å². The molecule has 0 aliphatic rings. The minimum Gasteiger partial charge on any atom is -0.497 e. The first-order chi connectivity index (χ1) is 13.0. The molecule has 27 heavy (non-hydrogen) atoms. The maximum absolute atomic E-state index is 12.7. The maximum atomic E-state index is 12.7. The number of fused-ring (bicyclic) bond motifs is 1. The van der Waals surface area contributed by atoms with E-state index in [9.17, 15) is 4.79 Å². The highest BCUT2D eigenvalue weighted by Gasteiger charge is 2.11. The van der Waals surface area contributed by atoms with Crippen LogP contribution in [0.1, 0.15) is 5.56 Å². The molecule has 0 aliphatic heterocycles. The summed E-state index contributed by atoms with van der Waals surface area (Å²) in [6, 6.07) is 14.3. The van der Waals surface area contributed by atoms with Crippen molar-refractivity contribution < 1.29 is 4.74 Å². The summed E-state index contributed by atoms with van der Waals surface area (Å²) in [5.41, 5.74) is 1.83. The van der Waals surface area contributed by atoms with Crippen LogP contribution in [-0.4, -0.2) is 26.4 Å². The summed E-state index contributed by atoms with van der Waals surface area (Å²) in [5.74, 6) is 0.707. The fourth-order valence-corrected chi connectivity index (χ4v) is 3.19. The molecule has 0 spiro atoms. The molecular formula is C19H14Cl2N4O2. The van der Waals surface area contributed by atoms with Gasteiger partial charge in [0.15, 0.2) is 0 Å². The van der Waals surface area contributed by atoms with Crippen molar-refractivity contribution in [1.29, 1.82) is 0 Å². The molecular weight excluding hydrogens is 387 g/mol. The number of benzene rings is 2. The third-order valence-corrected chi connectivity index (χ3v) is 4.76. The number of hydrogen-bond acceptors (Lipinski definition) is 4. The van der Waals surface area contributed by atoms with Crippen molar-refractivity contribution in [2.75, 3.05) is 7.11 Å². The van der Waals surface area contributed by atoms with Crippen LogP contribution in [-0.2, 0) is 6.54 Å². The SMILES string of the molecule is COc1ccc(-n2ncn(Cc3cc4cc(Cl)ccc4nc3Cl)c2=O)cc1. The second kappa shape index (κ2) is 7.06. The number of hydrogen-bond donors (Lipinski definition) is 0. The van der Waals surface area contributed by atoms with E-state index in [1.54, 1.807) is 43.5 Å². The average molecular weight is 401 g/mol. The van der Waals surface area contributed by atoms with Gasteiger partial charge in [-0.25, -0.2) is 9.78 Å². The van der Waals surface area contributed by atoms with Crippen molar-refractivity contribution in [1.82, 2.24) is 19.3 Å². The van der Waals surface area contributed by atoms with Crippen molar-refractivity contribution >= 4 is 34.1 Å². The first-order valence-electron chi connectivity index (χ1n) is 8.09. The number of ether oxygens (including phenoxy) is 1. The van der Waals surface area contributed by atoms with Gasteiger partial charge in [0, 0.05) is 16.0 Å². The molecule has 136 valence electrons. The van der Waals surface area contributed by atoms with Crippen LogP contribution in [0, 0.1) is 0 Å². The largest absolute Gasteiger partial charge is 0.497 e. The van der Waals surface area contributed by atoms with Crippen LogP contribution in [0.5, 0.6) is 5.75 Å². The molecule has 6 nitrogen and oxygen atoms in total. The normalized spacial score (nSPS) is 11.1. The van der Waals surface area contributed by atoms with Crippen LogP contribution in [0.2, 0.25) is 10.2 Å². The number of nitrogens with zero attached hydrogens (tertiary/aromatic N) is 4. The van der Waals surface area contributed by atoms with E-state index in [1.165, 1.54) is 15.6 Å². The van der Waals surface area contributed by atoms with Gasteiger partial charge in [0.1, 0.15) is 17.2 Å². The average Bonchev–Trinajstić information content (AvgIpc) is 3.03. The van der Waals surface area contributed by atoms with Crippen molar-refractivity contribution in [3.05, 3.63) is 81.1 Å². The molecule has 2 heterocycles. The van der Waals surface area contributed by atoms with E-state index in [-0.39, 0.29) is 12.2 Å². The summed E-state index contributed by atoms with van der Waals surface area (Å²) in [6.07, 6.45) is 1.48.